The highest BCUT2D eigenvalue weighted by atomic mass is 19.4. The number of allylic oxidation sites excluding steroid dienone is 1. The van der Waals surface area contributed by atoms with E-state index in [1.807, 2.05) is 0 Å². The van der Waals surface area contributed by atoms with Crippen LogP contribution in [0.5, 0.6) is 0 Å². The Bertz CT molecular complexity index is 382. The summed E-state index contributed by atoms with van der Waals surface area (Å²) in [6, 6.07) is 4.79. The molecule has 0 saturated carbocycles. The van der Waals surface area contributed by atoms with E-state index in [0.29, 0.717) is 5.56 Å². The second kappa shape index (κ2) is 5.12. The lowest BCUT2D eigenvalue weighted by atomic mass is 10.1. The predicted molar refractivity (Wildman–Crippen MR) is 53.4 cm³/mol. The minimum absolute atomic E-state index is 0.104. The van der Waals surface area contributed by atoms with Crippen LogP contribution in [0, 0.1) is 0 Å². The van der Waals surface area contributed by atoms with Gasteiger partial charge in [0.1, 0.15) is 5.83 Å². The maximum atomic E-state index is 12.7. The lowest BCUT2D eigenvalue weighted by Gasteiger charge is -2.07. The molecule has 88 valence electrons. The zero-order valence-corrected chi connectivity index (χ0v) is 8.39. The summed E-state index contributed by atoms with van der Waals surface area (Å²) in [6.45, 7) is -0.237. The van der Waals surface area contributed by atoms with Gasteiger partial charge in [0.15, 0.2) is 0 Å². The number of nitrogens with two attached hydrogens (primary N) is 1. The molecule has 0 unspecified atom stereocenters. The van der Waals surface area contributed by atoms with E-state index in [9.17, 15) is 17.6 Å². The number of benzene rings is 1. The van der Waals surface area contributed by atoms with E-state index in [4.69, 9.17) is 5.73 Å². The molecule has 0 aliphatic rings. The number of hydrogen-bond acceptors (Lipinski definition) is 1. The summed E-state index contributed by atoms with van der Waals surface area (Å²) in [5.74, 6) is -0.530. The van der Waals surface area contributed by atoms with Gasteiger partial charge in [-0.05, 0) is 24.1 Å². The van der Waals surface area contributed by atoms with Gasteiger partial charge in [-0.2, -0.15) is 13.2 Å². The molecular formula is C11H11F4N. The molecule has 1 aromatic carbocycles. The van der Waals surface area contributed by atoms with E-state index in [-0.39, 0.29) is 13.0 Å². The SMILES string of the molecule is NC/C(F)=C/Cc1cccc(C(F)(F)F)c1. The van der Waals surface area contributed by atoms with Crippen molar-refractivity contribution in [2.75, 3.05) is 6.54 Å². The Labute approximate surface area is 90.6 Å². The molecule has 1 nitrogen and oxygen atoms in total. The summed E-state index contributed by atoms with van der Waals surface area (Å²) >= 11 is 0. The average Bonchev–Trinajstić information content (AvgIpc) is 2.25. The summed E-state index contributed by atoms with van der Waals surface area (Å²) in [5.41, 5.74) is 4.68. The van der Waals surface area contributed by atoms with Crippen molar-refractivity contribution in [2.24, 2.45) is 5.73 Å². The van der Waals surface area contributed by atoms with Crippen molar-refractivity contribution in [3.63, 3.8) is 0 Å². The monoisotopic (exact) mass is 233 g/mol. The number of rotatable bonds is 3. The third kappa shape index (κ3) is 3.66. The molecule has 0 amide bonds. The standard InChI is InChI=1S/C11H11F4N/c12-10(7-16)5-4-8-2-1-3-9(6-8)11(13,14)15/h1-3,5-6H,4,7,16H2/b10-5-. The molecule has 0 spiro atoms. The molecule has 0 atom stereocenters. The summed E-state index contributed by atoms with van der Waals surface area (Å²) in [5, 5.41) is 0. The molecule has 0 heterocycles. The minimum Gasteiger partial charge on any atom is -0.325 e. The maximum absolute atomic E-state index is 12.7. The summed E-state index contributed by atoms with van der Waals surface area (Å²) in [7, 11) is 0. The Hall–Kier alpha value is -1.36. The molecule has 0 fully saturated rings. The van der Waals surface area contributed by atoms with E-state index >= 15 is 0 Å². The van der Waals surface area contributed by atoms with Gasteiger partial charge >= 0.3 is 6.18 Å². The summed E-state index contributed by atoms with van der Waals surface area (Å²) in [6.07, 6.45) is -3.09. The third-order valence-electron chi connectivity index (χ3n) is 2.01. The Morgan fingerprint density at radius 3 is 2.56 bits per heavy atom. The first-order valence-corrected chi connectivity index (χ1v) is 4.64. The second-order valence-corrected chi connectivity index (χ2v) is 3.26. The van der Waals surface area contributed by atoms with Gasteiger partial charge < -0.3 is 5.73 Å². The van der Waals surface area contributed by atoms with E-state index in [0.717, 1.165) is 12.1 Å². The molecular weight excluding hydrogens is 222 g/mol. The van der Waals surface area contributed by atoms with Gasteiger partial charge in [-0.25, -0.2) is 4.39 Å². The van der Waals surface area contributed by atoms with E-state index in [1.165, 1.54) is 18.2 Å². The molecule has 5 heteroatoms. The normalized spacial score (nSPS) is 12.9. The molecule has 1 aromatic rings. The Morgan fingerprint density at radius 1 is 1.31 bits per heavy atom. The van der Waals surface area contributed by atoms with Crippen molar-refractivity contribution < 1.29 is 17.6 Å². The van der Waals surface area contributed by atoms with Crippen LogP contribution in [0.25, 0.3) is 0 Å². The molecule has 0 bridgehead atoms. The van der Waals surface area contributed by atoms with Crippen molar-refractivity contribution in [1.29, 1.82) is 0 Å². The van der Waals surface area contributed by atoms with Crippen LogP contribution in [0.3, 0.4) is 0 Å². The van der Waals surface area contributed by atoms with Gasteiger partial charge in [0.05, 0.1) is 5.56 Å². The van der Waals surface area contributed by atoms with Crippen LogP contribution < -0.4 is 5.73 Å². The fourth-order valence-corrected chi connectivity index (χ4v) is 1.19. The topological polar surface area (TPSA) is 26.0 Å². The first-order valence-electron chi connectivity index (χ1n) is 4.64. The van der Waals surface area contributed by atoms with Crippen molar-refractivity contribution in [3.8, 4) is 0 Å². The number of halogens is 4. The average molecular weight is 233 g/mol. The zero-order valence-electron chi connectivity index (χ0n) is 8.39. The van der Waals surface area contributed by atoms with Crippen molar-refractivity contribution in [2.45, 2.75) is 12.6 Å². The number of alkyl halides is 3. The van der Waals surface area contributed by atoms with Crippen molar-refractivity contribution in [1.82, 2.24) is 0 Å². The molecule has 16 heavy (non-hydrogen) atoms. The minimum atomic E-state index is -4.37. The Balaban J connectivity index is 2.84. The lowest BCUT2D eigenvalue weighted by Crippen LogP contribution is -2.05. The third-order valence-corrected chi connectivity index (χ3v) is 2.01. The fourth-order valence-electron chi connectivity index (χ4n) is 1.19. The smallest absolute Gasteiger partial charge is 0.325 e. The predicted octanol–water partition coefficient (Wildman–Crippen LogP) is 3.06. The van der Waals surface area contributed by atoms with Crippen LogP contribution in [0.15, 0.2) is 36.2 Å². The Morgan fingerprint density at radius 2 is 2.00 bits per heavy atom. The largest absolute Gasteiger partial charge is 0.416 e. The molecule has 0 radical (unpaired) electrons. The summed E-state index contributed by atoms with van der Waals surface area (Å²) < 4.78 is 49.6. The first kappa shape index (κ1) is 12.7. The highest BCUT2D eigenvalue weighted by Gasteiger charge is 2.30. The van der Waals surface area contributed by atoms with Gasteiger partial charge in [0, 0.05) is 6.54 Å². The van der Waals surface area contributed by atoms with E-state index < -0.39 is 17.6 Å². The zero-order chi connectivity index (χ0) is 12.2. The molecule has 0 aliphatic heterocycles. The highest BCUT2D eigenvalue weighted by Crippen LogP contribution is 2.29. The van der Waals surface area contributed by atoms with Gasteiger partial charge in [0.25, 0.3) is 0 Å². The lowest BCUT2D eigenvalue weighted by molar-refractivity contribution is -0.137. The second-order valence-electron chi connectivity index (χ2n) is 3.26. The first-order chi connectivity index (χ1) is 7.43. The maximum Gasteiger partial charge on any atom is 0.416 e. The van der Waals surface area contributed by atoms with Crippen LogP contribution >= 0.6 is 0 Å². The van der Waals surface area contributed by atoms with Crippen LogP contribution in [0.4, 0.5) is 17.6 Å². The quantitative estimate of drug-likeness (QED) is 0.798. The molecule has 0 aromatic heterocycles. The van der Waals surface area contributed by atoms with Gasteiger partial charge in [-0.3, -0.25) is 0 Å². The van der Waals surface area contributed by atoms with E-state index in [2.05, 4.69) is 0 Å². The van der Waals surface area contributed by atoms with Gasteiger partial charge in [0.2, 0.25) is 0 Å². The summed E-state index contributed by atoms with van der Waals surface area (Å²) in [4.78, 5) is 0. The number of hydrogen-bond donors (Lipinski definition) is 1. The Kier molecular flexibility index (Phi) is 4.06. The van der Waals surface area contributed by atoms with E-state index in [1.54, 1.807) is 0 Å². The molecule has 2 N–H and O–H groups in total. The van der Waals surface area contributed by atoms with Crippen LogP contribution in [0.1, 0.15) is 11.1 Å². The molecule has 1 rings (SSSR count). The van der Waals surface area contributed by atoms with Crippen LogP contribution in [-0.4, -0.2) is 6.54 Å². The van der Waals surface area contributed by atoms with Gasteiger partial charge in [-0.1, -0.05) is 18.2 Å². The van der Waals surface area contributed by atoms with Gasteiger partial charge in [-0.15, -0.1) is 0 Å². The van der Waals surface area contributed by atoms with Crippen LogP contribution in [-0.2, 0) is 12.6 Å². The molecule has 0 saturated heterocycles. The highest BCUT2D eigenvalue weighted by molar-refractivity contribution is 5.27. The van der Waals surface area contributed by atoms with Crippen molar-refractivity contribution in [3.05, 3.63) is 47.3 Å². The van der Waals surface area contributed by atoms with Crippen LogP contribution in [0.2, 0.25) is 0 Å². The van der Waals surface area contributed by atoms with Crippen molar-refractivity contribution >= 4 is 0 Å². The fraction of sp³-hybridized carbons (Fsp3) is 0.273. The molecule has 0 aliphatic carbocycles.